The number of carbonyl (C=O) groups is 2. The number of hydrogen-bond donors (Lipinski definition) is 2. The Morgan fingerprint density at radius 1 is 0.806 bits per heavy atom. The van der Waals surface area contributed by atoms with Crippen molar-refractivity contribution in [2.45, 2.75) is 29.4 Å². The standard InChI is InChI=1S/C24H21ClOS.CH2O3/c25-21-13-10-18(11-14-21)17-6-8-19(9-7-17)24(26)20-12-15-23(16-20)27-22-4-2-1-3-5-22;2-1(3)4/h1-11,13-14,20,23H,12,15-16H2;(H2,2,3,4)/t20-,23+;/m1./s1. The van der Waals surface area contributed by atoms with Gasteiger partial charge in [0.05, 0.1) is 0 Å². The quantitative estimate of drug-likeness (QED) is 0.393. The number of rotatable bonds is 5. The summed E-state index contributed by atoms with van der Waals surface area (Å²) in [6.45, 7) is 0. The van der Waals surface area contributed by atoms with Gasteiger partial charge in [-0.3, -0.25) is 4.79 Å². The number of Topliss-reactive ketones (excluding diaryl/α,β-unsaturated/α-hetero) is 1. The molecule has 0 bridgehead atoms. The lowest BCUT2D eigenvalue weighted by molar-refractivity contribution is 0.0923. The van der Waals surface area contributed by atoms with E-state index >= 15 is 0 Å². The lowest BCUT2D eigenvalue weighted by Crippen LogP contribution is -2.12. The van der Waals surface area contributed by atoms with E-state index < -0.39 is 6.16 Å². The maximum absolute atomic E-state index is 12.9. The summed E-state index contributed by atoms with van der Waals surface area (Å²) in [4.78, 5) is 22.8. The fraction of sp³-hybridized carbons (Fsp3) is 0.200. The molecule has 2 N–H and O–H groups in total. The zero-order valence-corrected chi connectivity index (χ0v) is 18.4. The van der Waals surface area contributed by atoms with Crippen LogP contribution in [0.1, 0.15) is 29.6 Å². The summed E-state index contributed by atoms with van der Waals surface area (Å²) >= 11 is 7.86. The Hall–Kier alpha value is -2.76. The average molecular weight is 455 g/mol. The third-order valence-electron chi connectivity index (χ3n) is 5.15. The van der Waals surface area contributed by atoms with Gasteiger partial charge in [-0.25, -0.2) is 4.79 Å². The first-order chi connectivity index (χ1) is 14.9. The van der Waals surface area contributed by atoms with Gasteiger partial charge in [-0.05, 0) is 54.7 Å². The Morgan fingerprint density at radius 2 is 1.35 bits per heavy atom. The predicted octanol–water partition coefficient (Wildman–Crippen LogP) is 7.37. The highest BCUT2D eigenvalue weighted by Crippen LogP contribution is 2.39. The Labute approximate surface area is 190 Å². The molecule has 0 heterocycles. The number of thioether (sulfide) groups is 1. The smallest absolute Gasteiger partial charge is 0.450 e. The third-order valence-corrected chi connectivity index (χ3v) is 6.71. The van der Waals surface area contributed by atoms with Crippen LogP contribution >= 0.6 is 23.4 Å². The average Bonchev–Trinajstić information content (AvgIpc) is 3.23. The Bertz CT molecular complexity index is 1000. The Kier molecular flexibility index (Phi) is 8.15. The van der Waals surface area contributed by atoms with Crippen molar-refractivity contribution in [2.24, 2.45) is 5.92 Å². The van der Waals surface area contributed by atoms with Gasteiger partial charge in [0.15, 0.2) is 5.78 Å². The molecule has 3 aromatic rings. The number of carboxylic acid groups (broad SMARTS) is 2. The molecular weight excluding hydrogens is 432 g/mol. The van der Waals surface area contributed by atoms with Crippen molar-refractivity contribution in [2.75, 3.05) is 0 Å². The first-order valence-electron chi connectivity index (χ1n) is 9.96. The molecule has 0 saturated heterocycles. The summed E-state index contributed by atoms with van der Waals surface area (Å²) in [6, 6.07) is 26.2. The highest BCUT2D eigenvalue weighted by Gasteiger charge is 2.30. The highest BCUT2D eigenvalue weighted by atomic mass is 35.5. The van der Waals surface area contributed by atoms with Crippen LogP contribution in [0.15, 0.2) is 83.8 Å². The summed E-state index contributed by atoms with van der Waals surface area (Å²) in [5, 5.41) is 15.2. The fourth-order valence-corrected chi connectivity index (χ4v) is 5.09. The van der Waals surface area contributed by atoms with Gasteiger partial charge in [0.1, 0.15) is 0 Å². The van der Waals surface area contributed by atoms with Gasteiger partial charge in [-0.1, -0.05) is 66.2 Å². The van der Waals surface area contributed by atoms with E-state index in [4.69, 9.17) is 26.6 Å². The lowest BCUT2D eigenvalue weighted by Gasteiger charge is -2.11. The largest absolute Gasteiger partial charge is 0.503 e. The van der Waals surface area contributed by atoms with Crippen molar-refractivity contribution < 1.29 is 19.8 Å². The van der Waals surface area contributed by atoms with E-state index in [0.717, 1.165) is 41.0 Å². The SMILES string of the molecule is O=C(O)O.O=C(c1ccc(-c2ccc(Cl)cc2)cc1)[C@@H]1CC[C@H](Sc2ccccc2)C1. The van der Waals surface area contributed by atoms with Crippen LogP contribution in [0, 0.1) is 5.92 Å². The van der Waals surface area contributed by atoms with Gasteiger partial charge in [-0.2, -0.15) is 0 Å². The molecule has 0 unspecified atom stereocenters. The predicted molar refractivity (Wildman–Crippen MR) is 125 cm³/mol. The van der Waals surface area contributed by atoms with Crippen LogP contribution < -0.4 is 0 Å². The van der Waals surface area contributed by atoms with Crippen molar-refractivity contribution >= 4 is 35.3 Å². The molecule has 1 saturated carbocycles. The van der Waals surface area contributed by atoms with Crippen LogP contribution in [0.5, 0.6) is 0 Å². The number of benzene rings is 3. The van der Waals surface area contributed by atoms with Gasteiger partial charge in [-0.15, -0.1) is 11.8 Å². The molecule has 0 radical (unpaired) electrons. The van der Waals surface area contributed by atoms with E-state index in [1.165, 1.54) is 4.90 Å². The molecule has 0 spiro atoms. The normalized spacial score (nSPS) is 17.5. The van der Waals surface area contributed by atoms with Crippen molar-refractivity contribution in [1.82, 2.24) is 0 Å². The summed E-state index contributed by atoms with van der Waals surface area (Å²) in [6.07, 6.45) is 1.23. The molecule has 4 nitrogen and oxygen atoms in total. The monoisotopic (exact) mass is 454 g/mol. The zero-order valence-electron chi connectivity index (χ0n) is 16.8. The first kappa shape index (κ1) is 22.9. The summed E-state index contributed by atoms with van der Waals surface area (Å²) in [7, 11) is 0. The van der Waals surface area contributed by atoms with E-state index in [-0.39, 0.29) is 11.7 Å². The number of ketones is 1. The van der Waals surface area contributed by atoms with Crippen molar-refractivity contribution in [3.8, 4) is 11.1 Å². The van der Waals surface area contributed by atoms with Gasteiger partial charge in [0.25, 0.3) is 0 Å². The second-order valence-corrected chi connectivity index (χ2v) is 9.10. The van der Waals surface area contributed by atoms with Gasteiger partial charge >= 0.3 is 6.16 Å². The molecule has 0 aliphatic heterocycles. The second-order valence-electron chi connectivity index (χ2n) is 7.29. The molecule has 6 heteroatoms. The van der Waals surface area contributed by atoms with Crippen LogP contribution in [0.4, 0.5) is 4.79 Å². The van der Waals surface area contributed by atoms with E-state index in [1.807, 2.05) is 66.4 Å². The van der Waals surface area contributed by atoms with Crippen LogP contribution in [0.3, 0.4) is 0 Å². The molecule has 1 aliphatic rings. The minimum absolute atomic E-state index is 0.146. The lowest BCUT2D eigenvalue weighted by atomic mass is 9.94. The topological polar surface area (TPSA) is 74.6 Å². The van der Waals surface area contributed by atoms with Crippen LogP contribution in [-0.2, 0) is 0 Å². The Balaban J connectivity index is 0.000000628. The maximum atomic E-state index is 12.9. The third kappa shape index (κ3) is 6.88. The molecule has 0 amide bonds. The van der Waals surface area contributed by atoms with Crippen LogP contribution in [0.25, 0.3) is 11.1 Å². The Morgan fingerprint density at radius 3 is 1.94 bits per heavy atom. The van der Waals surface area contributed by atoms with Crippen molar-refractivity contribution in [3.63, 3.8) is 0 Å². The minimum Gasteiger partial charge on any atom is -0.450 e. The molecule has 4 rings (SSSR count). The van der Waals surface area contributed by atoms with E-state index in [2.05, 4.69) is 24.3 Å². The maximum Gasteiger partial charge on any atom is 0.503 e. The minimum atomic E-state index is -1.83. The summed E-state index contributed by atoms with van der Waals surface area (Å²) in [5.74, 6) is 0.432. The van der Waals surface area contributed by atoms with E-state index in [9.17, 15) is 4.79 Å². The first-order valence-corrected chi connectivity index (χ1v) is 11.2. The highest BCUT2D eigenvalue weighted by molar-refractivity contribution is 8.00. The molecule has 1 aliphatic carbocycles. The summed E-state index contributed by atoms with van der Waals surface area (Å²) < 4.78 is 0. The fourth-order valence-electron chi connectivity index (χ4n) is 3.68. The number of hydrogen-bond acceptors (Lipinski definition) is 3. The molecule has 31 heavy (non-hydrogen) atoms. The number of halogens is 1. The van der Waals surface area contributed by atoms with E-state index in [0.29, 0.717) is 5.25 Å². The molecule has 0 aromatic heterocycles. The molecule has 160 valence electrons. The molecule has 1 fully saturated rings. The molecule has 3 aromatic carbocycles. The van der Waals surface area contributed by atoms with Gasteiger partial charge in [0, 0.05) is 26.6 Å². The second kappa shape index (κ2) is 11.0. The van der Waals surface area contributed by atoms with Crippen molar-refractivity contribution in [3.05, 3.63) is 89.4 Å². The van der Waals surface area contributed by atoms with E-state index in [1.54, 1.807) is 0 Å². The van der Waals surface area contributed by atoms with Crippen LogP contribution in [0.2, 0.25) is 5.02 Å². The number of carbonyl (C=O) groups excluding carboxylic acids is 1. The van der Waals surface area contributed by atoms with Gasteiger partial charge < -0.3 is 10.2 Å². The zero-order chi connectivity index (χ0) is 22.2. The molecular formula is C25H23ClO4S. The van der Waals surface area contributed by atoms with Crippen molar-refractivity contribution in [1.29, 1.82) is 0 Å². The summed E-state index contributed by atoms with van der Waals surface area (Å²) in [5.41, 5.74) is 3.04. The molecule has 2 atom stereocenters. The van der Waals surface area contributed by atoms with Gasteiger partial charge in [0.2, 0.25) is 0 Å². The van der Waals surface area contributed by atoms with Crippen LogP contribution in [-0.4, -0.2) is 27.4 Å².